The van der Waals surface area contributed by atoms with Crippen molar-refractivity contribution in [2.24, 2.45) is 5.92 Å². The van der Waals surface area contributed by atoms with Gasteiger partial charge in [0.1, 0.15) is 17.8 Å². The molecule has 3 amide bonds. The summed E-state index contributed by atoms with van der Waals surface area (Å²) < 4.78 is 38.9. The van der Waals surface area contributed by atoms with Crippen LogP contribution >= 0.6 is 0 Å². The van der Waals surface area contributed by atoms with Gasteiger partial charge < -0.3 is 20.1 Å². The van der Waals surface area contributed by atoms with Crippen molar-refractivity contribution in [3.63, 3.8) is 0 Å². The zero-order chi connectivity index (χ0) is 25.8. The van der Waals surface area contributed by atoms with Gasteiger partial charge in [-0.15, -0.1) is 0 Å². The number of benzene rings is 1. The van der Waals surface area contributed by atoms with Crippen LogP contribution in [0, 0.1) is 17.2 Å². The molecule has 1 aromatic carbocycles. The number of halogens is 3. The lowest BCUT2D eigenvalue weighted by atomic mass is 9.80. The molecule has 1 aromatic heterocycles. The lowest BCUT2D eigenvalue weighted by Crippen LogP contribution is -2.51. The number of amides is 3. The van der Waals surface area contributed by atoms with Gasteiger partial charge >= 0.3 is 6.18 Å². The first-order chi connectivity index (χ1) is 17.0. The van der Waals surface area contributed by atoms with Crippen LogP contribution < -0.4 is 5.32 Å². The van der Waals surface area contributed by atoms with Crippen LogP contribution in [-0.4, -0.2) is 63.2 Å². The molecule has 1 saturated carbocycles. The number of rotatable bonds is 5. The van der Waals surface area contributed by atoms with Crippen LogP contribution in [0.1, 0.15) is 47.6 Å². The van der Waals surface area contributed by atoms with Crippen molar-refractivity contribution in [2.75, 3.05) is 18.9 Å². The second kappa shape index (κ2) is 8.36. The number of H-pyrrole nitrogens is 1. The van der Waals surface area contributed by atoms with Gasteiger partial charge in [-0.1, -0.05) is 31.0 Å². The SMILES string of the molecule is CN(C(=O)c1cnc(C(F)(F)F)[nH]1)[C@@H](CC1CC1)C(=O)N1C[C@]2(C[C@H]1C#N)C(=O)Nc1ccccc12. The van der Waals surface area contributed by atoms with Crippen LogP contribution in [0.5, 0.6) is 0 Å². The van der Waals surface area contributed by atoms with E-state index in [1.165, 1.54) is 11.9 Å². The van der Waals surface area contributed by atoms with Gasteiger partial charge in [-0.3, -0.25) is 14.4 Å². The van der Waals surface area contributed by atoms with E-state index in [1.54, 1.807) is 24.3 Å². The number of imidazole rings is 1. The minimum atomic E-state index is -4.75. The molecule has 0 unspecified atom stereocenters. The Bertz CT molecular complexity index is 1280. The molecule has 3 heterocycles. The van der Waals surface area contributed by atoms with E-state index in [0.29, 0.717) is 17.7 Å². The highest BCUT2D eigenvalue weighted by Gasteiger charge is 2.57. The maximum absolute atomic E-state index is 13.8. The third kappa shape index (κ3) is 3.88. The molecule has 1 aliphatic carbocycles. The number of anilines is 1. The number of aromatic nitrogens is 2. The van der Waals surface area contributed by atoms with Gasteiger partial charge in [0.15, 0.2) is 0 Å². The van der Waals surface area contributed by atoms with Crippen molar-refractivity contribution in [3.05, 3.63) is 47.5 Å². The first-order valence-electron chi connectivity index (χ1n) is 11.6. The number of nitrogens with one attached hydrogen (secondary N) is 2. The average Bonchev–Trinajstić information content (AvgIpc) is 3.27. The Labute approximate surface area is 204 Å². The number of likely N-dealkylation sites (tertiary alicyclic amines) is 1. The predicted octanol–water partition coefficient (Wildman–Crippen LogP) is 2.68. The van der Waals surface area contributed by atoms with Crippen LogP contribution in [0.4, 0.5) is 18.9 Å². The largest absolute Gasteiger partial charge is 0.449 e. The standard InChI is InChI=1S/C24H23F3N6O3/c1-32(19(34)17-11-29-21(30-17)24(25,26)27)18(8-13-6-7-13)20(35)33-12-23(9-14(33)10-28)15-4-2-3-5-16(15)31-22(23)36/h2-5,11,13-14,18H,6-9,12H2,1H3,(H,29,30)(H,31,36)/t14-,18-,23-/m0/s1. The highest BCUT2D eigenvalue weighted by Crippen LogP contribution is 2.47. The van der Waals surface area contributed by atoms with Gasteiger partial charge in [0.05, 0.1) is 17.7 Å². The lowest BCUT2D eigenvalue weighted by Gasteiger charge is -2.32. The number of aromatic amines is 1. The minimum Gasteiger partial charge on any atom is -0.330 e. The predicted molar refractivity (Wildman–Crippen MR) is 119 cm³/mol. The third-order valence-corrected chi connectivity index (χ3v) is 7.32. The summed E-state index contributed by atoms with van der Waals surface area (Å²) in [7, 11) is 1.35. The summed E-state index contributed by atoms with van der Waals surface area (Å²) in [6.07, 6.45) is -1.79. The zero-order valence-electron chi connectivity index (χ0n) is 19.3. The number of fused-ring (bicyclic) bond motifs is 2. The third-order valence-electron chi connectivity index (χ3n) is 7.32. The van der Waals surface area contributed by atoms with E-state index in [9.17, 15) is 32.8 Å². The molecular weight excluding hydrogens is 477 g/mol. The van der Waals surface area contributed by atoms with E-state index in [-0.39, 0.29) is 24.8 Å². The van der Waals surface area contributed by atoms with E-state index >= 15 is 0 Å². The van der Waals surface area contributed by atoms with E-state index in [2.05, 4.69) is 16.4 Å². The van der Waals surface area contributed by atoms with Gasteiger partial charge in [-0.2, -0.15) is 18.4 Å². The molecule has 0 bridgehead atoms. The maximum Gasteiger partial charge on any atom is 0.449 e. The summed E-state index contributed by atoms with van der Waals surface area (Å²) in [4.78, 5) is 47.6. The molecule has 9 nitrogen and oxygen atoms in total. The molecule has 0 radical (unpaired) electrons. The Morgan fingerprint density at radius 3 is 2.69 bits per heavy atom. The van der Waals surface area contributed by atoms with Crippen molar-refractivity contribution < 1.29 is 27.6 Å². The van der Waals surface area contributed by atoms with E-state index in [0.717, 1.165) is 23.9 Å². The molecule has 2 N–H and O–H groups in total. The number of nitriles is 1. The second-order valence-corrected chi connectivity index (χ2v) is 9.65. The van der Waals surface area contributed by atoms with Crippen molar-refractivity contribution in [2.45, 2.75) is 49.4 Å². The van der Waals surface area contributed by atoms with Gasteiger partial charge in [0.25, 0.3) is 5.91 Å². The van der Waals surface area contributed by atoms with E-state index in [4.69, 9.17) is 0 Å². The molecule has 2 aliphatic heterocycles. The first-order valence-corrected chi connectivity index (χ1v) is 11.6. The first kappa shape index (κ1) is 23.8. The summed E-state index contributed by atoms with van der Waals surface area (Å²) in [6.45, 7) is -0.0294. The highest BCUT2D eigenvalue weighted by atomic mass is 19.4. The fourth-order valence-corrected chi connectivity index (χ4v) is 5.18. The number of hydrogen-bond donors (Lipinski definition) is 2. The summed E-state index contributed by atoms with van der Waals surface area (Å²) in [5.74, 6) is -2.73. The van der Waals surface area contributed by atoms with E-state index in [1.807, 2.05) is 4.98 Å². The van der Waals surface area contributed by atoms with Crippen LogP contribution in [0.3, 0.4) is 0 Å². The Kier molecular flexibility index (Phi) is 5.54. The number of nitrogens with zero attached hydrogens (tertiary/aromatic N) is 4. The zero-order valence-corrected chi connectivity index (χ0v) is 19.3. The molecule has 1 saturated heterocycles. The number of carbonyl (C=O) groups excluding carboxylic acids is 3. The summed E-state index contributed by atoms with van der Waals surface area (Å²) in [6, 6.07) is 7.34. The fraction of sp³-hybridized carbons (Fsp3) is 0.458. The normalized spacial score (nSPS) is 23.8. The van der Waals surface area contributed by atoms with Crippen LogP contribution in [0.15, 0.2) is 30.5 Å². The average molecular weight is 500 g/mol. The summed E-state index contributed by atoms with van der Waals surface area (Å²) in [5.41, 5.74) is -0.122. The molecule has 12 heteroatoms. The lowest BCUT2D eigenvalue weighted by molar-refractivity contribution is -0.144. The summed E-state index contributed by atoms with van der Waals surface area (Å²) in [5, 5.41) is 12.7. The number of likely N-dealkylation sites (N-methyl/N-ethyl adjacent to an activating group) is 1. The Morgan fingerprint density at radius 2 is 2.06 bits per heavy atom. The number of alkyl halides is 3. The number of hydrogen-bond acceptors (Lipinski definition) is 5. The molecule has 188 valence electrons. The maximum atomic E-state index is 13.8. The molecule has 2 fully saturated rings. The van der Waals surface area contributed by atoms with Crippen molar-refractivity contribution in [1.29, 1.82) is 5.26 Å². The molecule has 2 aromatic rings. The van der Waals surface area contributed by atoms with Crippen molar-refractivity contribution >= 4 is 23.4 Å². The van der Waals surface area contributed by atoms with Crippen molar-refractivity contribution in [3.8, 4) is 6.07 Å². The molecule has 3 aliphatic rings. The number of para-hydroxylation sites is 1. The Balaban J connectivity index is 1.43. The van der Waals surface area contributed by atoms with Gasteiger partial charge in [-0.05, 0) is 24.0 Å². The minimum absolute atomic E-state index is 0.0294. The summed E-state index contributed by atoms with van der Waals surface area (Å²) >= 11 is 0. The van der Waals surface area contributed by atoms with Gasteiger partial charge in [0.2, 0.25) is 17.6 Å². The smallest absolute Gasteiger partial charge is 0.330 e. The fourth-order valence-electron chi connectivity index (χ4n) is 5.18. The van der Waals surface area contributed by atoms with Crippen LogP contribution in [0.2, 0.25) is 0 Å². The van der Waals surface area contributed by atoms with Crippen LogP contribution in [-0.2, 0) is 21.2 Å². The quantitative estimate of drug-likeness (QED) is 0.654. The highest BCUT2D eigenvalue weighted by molar-refractivity contribution is 6.07. The molecule has 1 spiro atoms. The van der Waals surface area contributed by atoms with E-state index < -0.39 is 47.0 Å². The van der Waals surface area contributed by atoms with Crippen molar-refractivity contribution in [1.82, 2.24) is 19.8 Å². The molecular formula is C24H23F3N6O3. The molecule has 3 atom stereocenters. The molecule has 36 heavy (non-hydrogen) atoms. The molecule has 5 rings (SSSR count). The van der Waals surface area contributed by atoms with Gasteiger partial charge in [0, 0.05) is 25.7 Å². The Morgan fingerprint density at radius 1 is 1.33 bits per heavy atom. The monoisotopic (exact) mass is 500 g/mol. The van der Waals surface area contributed by atoms with Crippen LogP contribution in [0.25, 0.3) is 0 Å². The van der Waals surface area contributed by atoms with Gasteiger partial charge in [-0.25, -0.2) is 4.98 Å². The topological polar surface area (TPSA) is 122 Å². The Hall–Kier alpha value is -3.88. The number of carbonyl (C=O) groups is 3. The second-order valence-electron chi connectivity index (χ2n) is 9.65.